The third-order valence-electron chi connectivity index (χ3n) is 1.92. The molecule has 0 N–H and O–H groups in total. The number of hydrogen-bond donors (Lipinski definition) is 0. The fourth-order valence-corrected chi connectivity index (χ4v) is 1.45. The van der Waals surface area contributed by atoms with Gasteiger partial charge in [-0.3, -0.25) is 0 Å². The summed E-state index contributed by atoms with van der Waals surface area (Å²) in [5, 5.41) is 0.718. The molecule has 0 atom stereocenters. The molecular weight excluding hydrogens is 184 g/mol. The summed E-state index contributed by atoms with van der Waals surface area (Å²) in [7, 11) is 0. The van der Waals surface area contributed by atoms with Crippen LogP contribution in [0, 0.1) is 0 Å². The molecule has 3 heteroatoms. The van der Waals surface area contributed by atoms with Crippen molar-refractivity contribution in [1.29, 1.82) is 0 Å². The second-order valence-electron chi connectivity index (χ2n) is 2.98. The van der Waals surface area contributed by atoms with Crippen LogP contribution in [0.3, 0.4) is 0 Å². The Balaban J connectivity index is 2.79. The van der Waals surface area contributed by atoms with Crippen LogP contribution in [0.25, 0.3) is 16.7 Å². The van der Waals surface area contributed by atoms with Crippen molar-refractivity contribution in [2.24, 2.45) is 0 Å². The zero-order chi connectivity index (χ0) is 9.42. The molecule has 0 aliphatic heterocycles. The minimum absolute atomic E-state index is 0.718. The van der Waals surface area contributed by atoms with E-state index in [4.69, 9.17) is 11.6 Å². The van der Waals surface area contributed by atoms with E-state index in [0.29, 0.717) is 0 Å². The van der Waals surface area contributed by atoms with Gasteiger partial charge >= 0.3 is 0 Å². The highest BCUT2D eigenvalue weighted by Gasteiger charge is 2.02. The van der Waals surface area contributed by atoms with Gasteiger partial charge < -0.3 is 4.57 Å². The van der Waals surface area contributed by atoms with Crippen LogP contribution in [-0.2, 0) is 0 Å². The van der Waals surface area contributed by atoms with Crippen LogP contribution in [0.4, 0.5) is 0 Å². The normalized spacial score (nSPS) is 10.6. The lowest BCUT2D eigenvalue weighted by Gasteiger charge is -2.01. The van der Waals surface area contributed by atoms with E-state index < -0.39 is 0 Å². The van der Waals surface area contributed by atoms with Gasteiger partial charge in [0.1, 0.15) is 6.33 Å². The van der Waals surface area contributed by atoms with Crippen molar-refractivity contribution in [2.75, 3.05) is 0 Å². The monoisotopic (exact) mass is 192 g/mol. The van der Waals surface area contributed by atoms with E-state index in [9.17, 15) is 0 Å². The largest absolute Gasteiger partial charge is 0.303 e. The number of hydrogen-bond acceptors (Lipinski definition) is 1. The van der Waals surface area contributed by atoms with Gasteiger partial charge in [-0.1, -0.05) is 18.2 Å². The lowest BCUT2D eigenvalue weighted by Crippen LogP contribution is -1.88. The molecule has 13 heavy (non-hydrogen) atoms. The Morgan fingerprint density at radius 2 is 2.31 bits per heavy atom. The minimum Gasteiger partial charge on any atom is -0.303 e. The Kier molecular flexibility index (Phi) is 1.85. The quantitative estimate of drug-likeness (QED) is 0.679. The summed E-state index contributed by atoms with van der Waals surface area (Å²) in [6.07, 6.45) is 1.75. The first kappa shape index (κ1) is 8.32. The number of rotatable bonds is 1. The van der Waals surface area contributed by atoms with E-state index in [1.165, 1.54) is 0 Å². The summed E-state index contributed by atoms with van der Waals surface area (Å²) < 4.78 is 1.92. The number of benzene rings is 1. The maximum Gasteiger partial charge on any atom is 0.100 e. The Labute approximate surface area is 81.5 Å². The average molecular weight is 193 g/mol. The van der Waals surface area contributed by atoms with Gasteiger partial charge in [0.2, 0.25) is 0 Å². The van der Waals surface area contributed by atoms with Crippen LogP contribution in [0.2, 0.25) is 5.02 Å². The van der Waals surface area contributed by atoms with Crippen LogP contribution in [0.5, 0.6) is 0 Å². The molecule has 0 aliphatic carbocycles. The molecule has 0 fully saturated rings. The molecular formula is C10H9ClN2. The molecule has 0 radical (unpaired) electrons. The summed E-state index contributed by atoms with van der Waals surface area (Å²) in [4.78, 5) is 4.22. The Bertz CT molecular complexity index is 471. The highest BCUT2D eigenvalue weighted by Crippen LogP contribution is 2.20. The van der Waals surface area contributed by atoms with Crippen LogP contribution in [0.1, 0.15) is 6.92 Å². The van der Waals surface area contributed by atoms with Crippen molar-refractivity contribution in [1.82, 2.24) is 9.55 Å². The number of fused-ring (bicyclic) bond motifs is 1. The van der Waals surface area contributed by atoms with Gasteiger partial charge in [-0.25, -0.2) is 4.98 Å². The molecule has 2 nitrogen and oxygen atoms in total. The van der Waals surface area contributed by atoms with E-state index >= 15 is 0 Å². The summed E-state index contributed by atoms with van der Waals surface area (Å²) >= 11 is 5.88. The minimum atomic E-state index is 0.718. The average Bonchev–Trinajstić information content (AvgIpc) is 2.46. The molecule has 2 aromatic rings. The van der Waals surface area contributed by atoms with Crippen LogP contribution in [0.15, 0.2) is 31.1 Å². The second kappa shape index (κ2) is 2.89. The standard InChI is InChI=1S/C10H9ClN2/c1-7(2)13-6-12-9-4-3-8(11)5-10(9)13/h3-6H,1H2,2H3. The predicted octanol–water partition coefficient (Wildman–Crippen LogP) is 3.18. The molecule has 1 heterocycles. The number of aromatic nitrogens is 2. The van der Waals surface area contributed by atoms with Gasteiger partial charge in [0.05, 0.1) is 11.0 Å². The third kappa shape index (κ3) is 1.33. The fourth-order valence-electron chi connectivity index (χ4n) is 1.29. The zero-order valence-electron chi connectivity index (χ0n) is 7.29. The summed E-state index contributed by atoms with van der Waals surface area (Å²) in [5.74, 6) is 0. The number of nitrogens with zero attached hydrogens (tertiary/aromatic N) is 2. The molecule has 1 aromatic carbocycles. The second-order valence-corrected chi connectivity index (χ2v) is 3.42. The Morgan fingerprint density at radius 1 is 1.54 bits per heavy atom. The zero-order valence-corrected chi connectivity index (χ0v) is 8.04. The van der Waals surface area contributed by atoms with Gasteiger partial charge in [0, 0.05) is 10.7 Å². The first-order chi connectivity index (χ1) is 6.18. The molecule has 0 aliphatic rings. The maximum atomic E-state index is 5.88. The van der Waals surface area contributed by atoms with Crippen LogP contribution < -0.4 is 0 Å². The van der Waals surface area contributed by atoms with Gasteiger partial charge in [-0.15, -0.1) is 0 Å². The first-order valence-corrected chi connectivity index (χ1v) is 4.35. The number of halogens is 1. The first-order valence-electron chi connectivity index (χ1n) is 3.97. The molecule has 0 saturated carbocycles. The van der Waals surface area contributed by atoms with E-state index in [-0.39, 0.29) is 0 Å². The van der Waals surface area contributed by atoms with Gasteiger partial charge in [0.25, 0.3) is 0 Å². The third-order valence-corrected chi connectivity index (χ3v) is 2.16. The fraction of sp³-hybridized carbons (Fsp3) is 0.100. The molecule has 0 bridgehead atoms. The van der Waals surface area contributed by atoms with Gasteiger partial charge in [0.15, 0.2) is 0 Å². The van der Waals surface area contributed by atoms with Gasteiger partial charge in [-0.05, 0) is 25.1 Å². The van der Waals surface area contributed by atoms with Crippen molar-refractivity contribution < 1.29 is 0 Å². The van der Waals surface area contributed by atoms with Crippen LogP contribution >= 0.6 is 11.6 Å². The lowest BCUT2D eigenvalue weighted by molar-refractivity contribution is 1.12. The van der Waals surface area contributed by atoms with E-state index in [2.05, 4.69) is 11.6 Å². The highest BCUT2D eigenvalue weighted by atomic mass is 35.5. The smallest absolute Gasteiger partial charge is 0.100 e. The lowest BCUT2D eigenvalue weighted by atomic mass is 10.3. The molecule has 0 spiro atoms. The van der Waals surface area contributed by atoms with Crippen LogP contribution in [-0.4, -0.2) is 9.55 Å². The number of imidazole rings is 1. The van der Waals surface area contributed by atoms with E-state index in [1.807, 2.05) is 29.7 Å². The molecule has 0 amide bonds. The molecule has 2 rings (SSSR count). The van der Waals surface area contributed by atoms with E-state index in [0.717, 1.165) is 21.8 Å². The molecule has 0 saturated heterocycles. The van der Waals surface area contributed by atoms with Crippen molar-refractivity contribution in [2.45, 2.75) is 6.92 Å². The molecule has 66 valence electrons. The topological polar surface area (TPSA) is 17.8 Å². The van der Waals surface area contributed by atoms with Crippen molar-refractivity contribution in [3.05, 3.63) is 36.1 Å². The van der Waals surface area contributed by atoms with Crippen molar-refractivity contribution >= 4 is 28.3 Å². The maximum absolute atomic E-state index is 5.88. The van der Waals surface area contributed by atoms with Crippen molar-refractivity contribution in [3.63, 3.8) is 0 Å². The Morgan fingerprint density at radius 3 is 3.00 bits per heavy atom. The summed E-state index contributed by atoms with van der Waals surface area (Å²) in [5.41, 5.74) is 2.87. The highest BCUT2D eigenvalue weighted by molar-refractivity contribution is 6.31. The molecule has 1 aromatic heterocycles. The summed E-state index contributed by atoms with van der Waals surface area (Å²) in [6, 6.07) is 5.62. The van der Waals surface area contributed by atoms with Crippen molar-refractivity contribution in [3.8, 4) is 0 Å². The predicted molar refractivity (Wildman–Crippen MR) is 55.7 cm³/mol. The number of allylic oxidation sites excluding steroid dienone is 1. The van der Waals surface area contributed by atoms with Gasteiger partial charge in [-0.2, -0.15) is 0 Å². The Hall–Kier alpha value is -1.28. The van der Waals surface area contributed by atoms with E-state index in [1.54, 1.807) is 6.33 Å². The molecule has 0 unspecified atom stereocenters. The summed E-state index contributed by atoms with van der Waals surface area (Å²) in [6.45, 7) is 5.79. The SMILES string of the molecule is C=C(C)n1cnc2ccc(Cl)cc21.